The molecule has 2 aliphatic rings. The lowest BCUT2D eigenvalue weighted by Crippen LogP contribution is -2.71. The largest absolute Gasteiger partial charge is 0.452 e. The number of thioether (sulfide) groups is 2. The number of nitrogens with two attached hydrogens (primary N) is 1. The predicted octanol–water partition coefficient (Wildman–Crippen LogP) is 17.0. The van der Waals surface area contributed by atoms with E-state index < -0.39 is 82.7 Å². The van der Waals surface area contributed by atoms with Crippen molar-refractivity contribution in [1.29, 1.82) is 0 Å². The van der Waals surface area contributed by atoms with E-state index in [-0.39, 0.29) is 51.9 Å². The number of hydrogen-bond acceptors (Lipinski definition) is 21. The van der Waals surface area contributed by atoms with Gasteiger partial charge in [0.15, 0.2) is 45.0 Å². The summed E-state index contributed by atoms with van der Waals surface area (Å²) in [7, 11) is 0. The molecular formula is C90H74N6O13S4. The van der Waals surface area contributed by atoms with Crippen LogP contribution in [0.1, 0.15) is 113 Å². The molecule has 10 aromatic carbocycles. The first-order valence-corrected chi connectivity index (χ1v) is 39.8. The van der Waals surface area contributed by atoms with Gasteiger partial charge in [-0.3, -0.25) is 28.9 Å². The molecule has 566 valence electrons. The van der Waals surface area contributed by atoms with Crippen molar-refractivity contribution in [3.8, 4) is 33.2 Å². The number of nitrogens with zero attached hydrogens (tertiary/aromatic N) is 4. The van der Waals surface area contributed by atoms with Crippen LogP contribution in [0.15, 0.2) is 306 Å². The van der Waals surface area contributed by atoms with Crippen LogP contribution in [0.25, 0.3) is 21.7 Å². The summed E-state index contributed by atoms with van der Waals surface area (Å²) in [6.45, 7) is 5.37. The number of β-lactam (4-membered cyclic amide) rings is 1. The van der Waals surface area contributed by atoms with Gasteiger partial charge in [-0.25, -0.2) is 19.6 Å². The van der Waals surface area contributed by atoms with E-state index in [4.69, 9.17) is 44.2 Å². The molecule has 0 saturated carbocycles. The van der Waals surface area contributed by atoms with Crippen molar-refractivity contribution < 1.29 is 62.1 Å². The van der Waals surface area contributed by atoms with Crippen molar-refractivity contribution >= 4 is 98.7 Å². The fourth-order valence-electron chi connectivity index (χ4n) is 13.3. The molecule has 4 heterocycles. The molecule has 0 bridgehead atoms. The highest BCUT2D eigenvalue weighted by atomic mass is 32.2. The van der Waals surface area contributed by atoms with Crippen LogP contribution in [-0.2, 0) is 59.0 Å². The summed E-state index contributed by atoms with van der Waals surface area (Å²) in [6, 6.07) is 86.6. The highest BCUT2D eigenvalue weighted by molar-refractivity contribution is 8.01. The van der Waals surface area contributed by atoms with E-state index in [0.29, 0.717) is 58.7 Å². The third kappa shape index (κ3) is 17.9. The highest BCUT2D eigenvalue weighted by Crippen LogP contribution is 2.47. The summed E-state index contributed by atoms with van der Waals surface area (Å²) in [5, 5.41) is 6.70. The van der Waals surface area contributed by atoms with E-state index >= 15 is 14.4 Å². The van der Waals surface area contributed by atoms with Gasteiger partial charge in [-0.05, 0) is 93.3 Å². The predicted molar refractivity (Wildman–Crippen MR) is 437 cm³/mol. The van der Waals surface area contributed by atoms with Gasteiger partial charge in [0.2, 0.25) is 5.60 Å². The topological polar surface area (TPSA) is 254 Å². The number of anilines is 1. The maximum atomic E-state index is 15.9. The fourth-order valence-corrected chi connectivity index (χ4v) is 17.9. The number of carbonyl (C=O) groups is 7. The molecule has 2 amide bonds. The van der Waals surface area contributed by atoms with Gasteiger partial charge in [-0.1, -0.05) is 295 Å². The second-order valence-electron chi connectivity index (χ2n) is 26.9. The van der Waals surface area contributed by atoms with Crippen LogP contribution in [0.2, 0.25) is 0 Å². The van der Waals surface area contributed by atoms with Gasteiger partial charge in [0.1, 0.15) is 22.8 Å². The Hall–Kier alpha value is -12.5. The van der Waals surface area contributed by atoms with E-state index in [1.807, 2.05) is 267 Å². The Morgan fingerprint density at radius 3 is 1.53 bits per heavy atom. The SMILES string of the molecule is CC(=O)Oc1ccc(-c2nc(SCC3=C(C(=O)OC(c4ccccc4)c4ccccc4)N4C(=O)[C@@H](NC(=O)C(=NOC(C)(C)C(=O)OC(c5ccccc5)c5ccccc5)c5nc(N)sc5-c5ccccc5C(c5ccccc5)c5ccccc5)[C@@H]4SC3)sc2CC(=O)OC(c2ccccc2)c2ccccc2)cc1OC(C)=O. The van der Waals surface area contributed by atoms with Gasteiger partial charge in [0, 0.05) is 41.7 Å². The van der Waals surface area contributed by atoms with Crippen LogP contribution in [0, 0.1) is 0 Å². The zero-order chi connectivity index (χ0) is 78.5. The summed E-state index contributed by atoms with van der Waals surface area (Å²) < 4.78 is 30.7. The van der Waals surface area contributed by atoms with Gasteiger partial charge < -0.3 is 39.6 Å². The highest BCUT2D eigenvalue weighted by Gasteiger charge is 2.55. The Bertz CT molecular complexity index is 5350. The van der Waals surface area contributed by atoms with Crippen molar-refractivity contribution in [3.63, 3.8) is 0 Å². The maximum absolute atomic E-state index is 15.9. The van der Waals surface area contributed by atoms with Gasteiger partial charge in [0.25, 0.3) is 11.8 Å². The average molecular weight is 1580 g/mol. The smallest absolute Gasteiger partial charge is 0.356 e. The van der Waals surface area contributed by atoms with Crippen molar-refractivity contribution in [1.82, 2.24) is 20.2 Å². The Balaban J connectivity index is 0.823. The molecule has 19 nitrogen and oxygen atoms in total. The van der Waals surface area contributed by atoms with Gasteiger partial charge in [0.05, 0.1) is 17.0 Å². The molecule has 2 aliphatic heterocycles. The van der Waals surface area contributed by atoms with Crippen molar-refractivity contribution in [2.75, 3.05) is 17.2 Å². The Labute approximate surface area is 668 Å². The summed E-state index contributed by atoms with van der Waals surface area (Å²) >= 11 is 4.85. The molecule has 113 heavy (non-hydrogen) atoms. The zero-order valence-electron chi connectivity index (χ0n) is 61.5. The van der Waals surface area contributed by atoms with Crippen molar-refractivity contribution in [2.24, 2.45) is 5.16 Å². The van der Waals surface area contributed by atoms with Gasteiger partial charge >= 0.3 is 29.8 Å². The minimum absolute atomic E-state index is 0.0120. The molecule has 14 rings (SSSR count). The van der Waals surface area contributed by atoms with E-state index in [1.165, 1.54) is 79.6 Å². The molecule has 12 aromatic rings. The van der Waals surface area contributed by atoms with Gasteiger partial charge in [-0.2, -0.15) is 0 Å². The summed E-state index contributed by atoms with van der Waals surface area (Å²) in [4.78, 5) is 120. The molecule has 0 unspecified atom stereocenters. The Morgan fingerprint density at radius 2 is 1.03 bits per heavy atom. The van der Waals surface area contributed by atoms with Crippen LogP contribution in [0.4, 0.5) is 5.13 Å². The molecule has 2 aromatic heterocycles. The fraction of sp³-hybridized carbons (Fsp3) is 0.156. The number of hydrogen-bond donors (Lipinski definition) is 2. The number of nitrogens with one attached hydrogen (secondary N) is 1. The second kappa shape index (κ2) is 35.2. The van der Waals surface area contributed by atoms with E-state index in [2.05, 4.69) is 10.5 Å². The average Bonchev–Trinajstić information content (AvgIpc) is 0.864. The summed E-state index contributed by atoms with van der Waals surface area (Å²) in [6.07, 6.45) is -2.87. The molecule has 2 atom stereocenters. The minimum Gasteiger partial charge on any atom is -0.452 e. The van der Waals surface area contributed by atoms with E-state index in [0.717, 1.165) is 39.2 Å². The number of nitrogen functional groups attached to an aromatic ring is 1. The number of oxime groups is 1. The number of aromatic nitrogens is 2. The van der Waals surface area contributed by atoms with Crippen molar-refractivity contribution in [2.45, 2.75) is 79.7 Å². The molecular weight excluding hydrogens is 1500 g/mol. The standard InChI is InChI=1S/C90H74N6O13S4/c1-55(97)104-69-50-49-65(51-70(69)105-56(2)98)74-71(52-72(99)106-79(59-35-17-7-18-36-59)60-37-19-8-20-38-60)112-89(94-74)111-54-66-53-110-85-77(84(101)96(85)78(66)86(102)107-80(61-39-21-9-22-40-61)62-41-23-10-24-42-62)92-83(100)76(95-109-90(3,4)87(103)108-81(63-43-25-11-26-44-63)64-45-27-12-28-46-64)75-82(113-88(91)93-75)68-48-30-29-47-67(68)73(57-31-13-5-14-32-57)58-33-15-6-16-34-58/h5-51,73,77,79-81,85H,52-54H2,1-4H3,(H2,91,93)(H,92,100)/t77-,85+/m1/s1. The molecule has 3 N–H and O–H groups in total. The number of fused-ring (bicyclic) bond motifs is 1. The third-order valence-electron chi connectivity index (χ3n) is 18.6. The number of thiazole rings is 2. The number of benzene rings is 10. The first-order chi connectivity index (χ1) is 54.9. The Kier molecular flexibility index (Phi) is 24.1. The number of amides is 2. The van der Waals surface area contributed by atoms with Crippen molar-refractivity contribution in [3.05, 3.63) is 357 Å². The quantitative estimate of drug-likeness (QED) is 0.00675. The Morgan fingerprint density at radius 1 is 0.566 bits per heavy atom. The van der Waals surface area contributed by atoms with Crippen LogP contribution in [0.3, 0.4) is 0 Å². The third-order valence-corrected chi connectivity index (χ3v) is 23.2. The second-order valence-corrected chi connectivity index (χ2v) is 31.3. The molecule has 0 aliphatic carbocycles. The minimum atomic E-state index is -1.89. The van der Waals surface area contributed by atoms with Crippen LogP contribution >= 0.6 is 46.2 Å². The van der Waals surface area contributed by atoms with E-state index in [9.17, 15) is 19.2 Å². The first kappa shape index (κ1) is 77.2. The van der Waals surface area contributed by atoms with Crippen LogP contribution < -0.4 is 20.5 Å². The zero-order valence-corrected chi connectivity index (χ0v) is 64.8. The lowest BCUT2D eigenvalue weighted by atomic mass is 9.82. The van der Waals surface area contributed by atoms with Crippen LogP contribution in [-0.4, -0.2) is 90.8 Å². The summed E-state index contributed by atoms with van der Waals surface area (Å²) in [5.41, 5.74) is 13.2. The maximum Gasteiger partial charge on any atom is 0.356 e. The normalized spacial score (nSPS) is 14.1. The first-order valence-electron chi connectivity index (χ1n) is 36.2. The number of ether oxygens (including phenoxy) is 5. The lowest BCUT2D eigenvalue weighted by molar-refractivity contribution is -0.172. The molecule has 0 radical (unpaired) electrons. The molecule has 0 spiro atoms. The number of rotatable bonds is 28. The summed E-state index contributed by atoms with van der Waals surface area (Å²) in [5.74, 6) is -5.44. The molecule has 23 heteroatoms. The number of carbonyl (C=O) groups excluding carboxylic acids is 7. The van der Waals surface area contributed by atoms with Crippen LogP contribution in [0.5, 0.6) is 11.5 Å². The number of esters is 5. The van der Waals surface area contributed by atoms with Gasteiger partial charge in [-0.15, -0.1) is 23.1 Å². The lowest BCUT2D eigenvalue weighted by Gasteiger charge is -2.49. The van der Waals surface area contributed by atoms with E-state index in [1.54, 1.807) is 6.07 Å². The molecule has 1 fully saturated rings. The molecule has 1 saturated heterocycles. The monoisotopic (exact) mass is 1570 g/mol.